The minimum absolute atomic E-state index is 0.00991. The third kappa shape index (κ3) is 5.87. The first kappa shape index (κ1) is 18.4. The van der Waals surface area contributed by atoms with E-state index < -0.39 is 18.4 Å². The fourth-order valence-electron chi connectivity index (χ4n) is 2.11. The molecule has 2 amide bonds. The molecule has 0 fully saturated rings. The molecule has 132 valence electrons. The Bertz CT molecular complexity index is 716. The van der Waals surface area contributed by atoms with E-state index in [1.165, 1.54) is 24.3 Å². The third-order valence-corrected chi connectivity index (χ3v) is 3.45. The Hall–Kier alpha value is -2.96. The van der Waals surface area contributed by atoms with Crippen molar-refractivity contribution in [3.8, 4) is 5.75 Å². The van der Waals surface area contributed by atoms with E-state index in [1.54, 1.807) is 12.1 Å². The lowest BCUT2D eigenvalue weighted by Crippen LogP contribution is -2.42. The van der Waals surface area contributed by atoms with Crippen molar-refractivity contribution in [2.24, 2.45) is 0 Å². The van der Waals surface area contributed by atoms with Gasteiger partial charge in [-0.25, -0.2) is 0 Å². The normalized spacial score (nSPS) is 10.4. The van der Waals surface area contributed by atoms with Crippen molar-refractivity contribution in [3.63, 3.8) is 0 Å². The van der Waals surface area contributed by atoms with Crippen LogP contribution in [0, 0.1) is 0 Å². The lowest BCUT2D eigenvalue weighted by molar-refractivity contribution is -0.121. The number of nitrogens with one attached hydrogen (secondary N) is 2. The largest absolute Gasteiger partial charge is 0.435 e. The van der Waals surface area contributed by atoms with Gasteiger partial charge < -0.3 is 4.74 Å². The molecule has 25 heavy (non-hydrogen) atoms. The summed E-state index contributed by atoms with van der Waals surface area (Å²) in [5.41, 5.74) is 6.79. The SMILES string of the molecule is CCc1ccc(C(=O)NNC(=O)Cc2ccc(OC(F)F)cc2)cc1. The molecule has 0 saturated heterocycles. The molecule has 7 heteroatoms. The molecule has 0 atom stereocenters. The molecule has 0 saturated carbocycles. The number of hydrogen-bond acceptors (Lipinski definition) is 3. The van der Waals surface area contributed by atoms with Gasteiger partial charge in [0.2, 0.25) is 5.91 Å². The Labute approximate surface area is 144 Å². The van der Waals surface area contributed by atoms with Crippen LogP contribution in [0.1, 0.15) is 28.4 Å². The maximum Gasteiger partial charge on any atom is 0.387 e. The predicted molar refractivity (Wildman–Crippen MR) is 88.2 cm³/mol. The van der Waals surface area contributed by atoms with E-state index in [0.29, 0.717) is 11.1 Å². The first-order valence-corrected chi connectivity index (χ1v) is 7.70. The average molecular weight is 348 g/mol. The molecule has 0 aromatic heterocycles. The molecule has 2 aromatic rings. The number of hydrazine groups is 1. The number of aryl methyl sites for hydroxylation is 1. The molecule has 0 heterocycles. The number of hydrogen-bond donors (Lipinski definition) is 2. The van der Waals surface area contributed by atoms with Gasteiger partial charge in [0.1, 0.15) is 5.75 Å². The lowest BCUT2D eigenvalue weighted by atomic mass is 10.1. The van der Waals surface area contributed by atoms with E-state index in [4.69, 9.17) is 0 Å². The van der Waals surface area contributed by atoms with E-state index in [1.807, 2.05) is 19.1 Å². The number of carbonyl (C=O) groups is 2. The number of benzene rings is 2. The van der Waals surface area contributed by atoms with Crippen LogP contribution in [0.3, 0.4) is 0 Å². The van der Waals surface area contributed by atoms with Crippen molar-refractivity contribution in [2.75, 3.05) is 0 Å². The second kappa shape index (κ2) is 8.77. The van der Waals surface area contributed by atoms with Crippen LogP contribution in [-0.2, 0) is 17.6 Å². The summed E-state index contributed by atoms with van der Waals surface area (Å²) in [7, 11) is 0. The predicted octanol–water partition coefficient (Wildman–Crippen LogP) is 2.85. The molecule has 0 radical (unpaired) electrons. The summed E-state index contributed by atoms with van der Waals surface area (Å²) in [5.74, 6) is -0.833. The van der Waals surface area contributed by atoms with Crippen LogP contribution in [0.25, 0.3) is 0 Å². The topological polar surface area (TPSA) is 67.4 Å². The molecule has 5 nitrogen and oxygen atoms in total. The van der Waals surface area contributed by atoms with Crippen LogP contribution in [0.2, 0.25) is 0 Å². The summed E-state index contributed by atoms with van der Waals surface area (Å²) in [6.45, 7) is -0.877. The summed E-state index contributed by atoms with van der Waals surface area (Å²) in [6, 6.07) is 12.8. The Morgan fingerprint density at radius 2 is 1.56 bits per heavy atom. The fourth-order valence-corrected chi connectivity index (χ4v) is 2.11. The monoisotopic (exact) mass is 348 g/mol. The van der Waals surface area contributed by atoms with Crippen molar-refractivity contribution < 1.29 is 23.1 Å². The van der Waals surface area contributed by atoms with Gasteiger partial charge in [0.15, 0.2) is 0 Å². The number of halogens is 2. The Morgan fingerprint density at radius 1 is 0.960 bits per heavy atom. The maximum absolute atomic E-state index is 12.1. The van der Waals surface area contributed by atoms with E-state index >= 15 is 0 Å². The van der Waals surface area contributed by atoms with Gasteiger partial charge in [-0.05, 0) is 41.8 Å². The molecule has 0 aliphatic heterocycles. The number of rotatable bonds is 6. The first-order valence-electron chi connectivity index (χ1n) is 7.70. The maximum atomic E-state index is 12.1. The number of carbonyl (C=O) groups excluding carboxylic acids is 2. The molecule has 0 unspecified atom stereocenters. The molecular formula is C18H18F2N2O3. The zero-order valence-electron chi connectivity index (χ0n) is 13.6. The number of alkyl halides is 2. The van der Waals surface area contributed by atoms with Crippen LogP contribution in [0.15, 0.2) is 48.5 Å². The Morgan fingerprint density at radius 3 is 2.12 bits per heavy atom. The van der Waals surface area contributed by atoms with Crippen LogP contribution in [0.4, 0.5) is 8.78 Å². The molecular weight excluding hydrogens is 330 g/mol. The highest BCUT2D eigenvalue weighted by Crippen LogP contribution is 2.15. The van der Waals surface area contributed by atoms with E-state index in [2.05, 4.69) is 15.6 Å². The number of ether oxygens (including phenoxy) is 1. The van der Waals surface area contributed by atoms with Crippen molar-refractivity contribution >= 4 is 11.8 Å². The number of amides is 2. The van der Waals surface area contributed by atoms with Gasteiger partial charge >= 0.3 is 6.61 Å². The second-order valence-electron chi connectivity index (χ2n) is 5.25. The molecule has 2 rings (SSSR count). The molecule has 2 N–H and O–H groups in total. The molecule has 0 bridgehead atoms. The Balaban J connectivity index is 1.82. The van der Waals surface area contributed by atoms with Crippen molar-refractivity contribution in [2.45, 2.75) is 26.4 Å². The average Bonchev–Trinajstić information content (AvgIpc) is 2.61. The van der Waals surface area contributed by atoms with Crippen LogP contribution < -0.4 is 15.6 Å². The van der Waals surface area contributed by atoms with E-state index in [-0.39, 0.29) is 12.2 Å². The summed E-state index contributed by atoms with van der Waals surface area (Å²) in [4.78, 5) is 23.8. The van der Waals surface area contributed by atoms with Crippen molar-refractivity contribution in [1.29, 1.82) is 0 Å². The van der Waals surface area contributed by atoms with Crippen LogP contribution in [-0.4, -0.2) is 18.4 Å². The van der Waals surface area contributed by atoms with E-state index in [0.717, 1.165) is 12.0 Å². The van der Waals surface area contributed by atoms with Gasteiger partial charge in [-0.1, -0.05) is 31.2 Å². The van der Waals surface area contributed by atoms with Gasteiger partial charge in [-0.2, -0.15) is 8.78 Å². The van der Waals surface area contributed by atoms with Crippen molar-refractivity contribution in [1.82, 2.24) is 10.9 Å². The minimum atomic E-state index is -2.89. The van der Waals surface area contributed by atoms with Gasteiger partial charge in [0.25, 0.3) is 5.91 Å². The fraction of sp³-hybridized carbons (Fsp3) is 0.222. The molecule has 0 aliphatic carbocycles. The van der Waals surface area contributed by atoms with Crippen LogP contribution >= 0.6 is 0 Å². The molecule has 2 aromatic carbocycles. The summed E-state index contributed by atoms with van der Waals surface area (Å²) < 4.78 is 28.4. The summed E-state index contributed by atoms with van der Waals surface area (Å²) in [6.07, 6.45) is 0.865. The van der Waals surface area contributed by atoms with Gasteiger partial charge in [-0.15, -0.1) is 0 Å². The minimum Gasteiger partial charge on any atom is -0.435 e. The molecule has 0 spiro atoms. The lowest BCUT2D eigenvalue weighted by Gasteiger charge is -2.09. The van der Waals surface area contributed by atoms with Crippen LogP contribution in [0.5, 0.6) is 5.75 Å². The summed E-state index contributed by atoms with van der Waals surface area (Å²) in [5, 5.41) is 0. The van der Waals surface area contributed by atoms with E-state index in [9.17, 15) is 18.4 Å². The third-order valence-electron chi connectivity index (χ3n) is 3.45. The highest BCUT2D eigenvalue weighted by Gasteiger charge is 2.09. The summed E-state index contributed by atoms with van der Waals surface area (Å²) >= 11 is 0. The standard InChI is InChI=1S/C18H18F2N2O3/c1-2-12-3-7-14(8-4-12)17(24)22-21-16(23)11-13-5-9-15(10-6-13)25-18(19)20/h3-10,18H,2,11H2,1H3,(H,21,23)(H,22,24). The molecule has 0 aliphatic rings. The van der Waals surface area contributed by atoms with Gasteiger partial charge in [0, 0.05) is 5.56 Å². The highest BCUT2D eigenvalue weighted by molar-refractivity contribution is 5.95. The smallest absolute Gasteiger partial charge is 0.387 e. The zero-order chi connectivity index (χ0) is 18.2. The Kier molecular flexibility index (Phi) is 6.45. The quantitative estimate of drug-likeness (QED) is 0.789. The van der Waals surface area contributed by atoms with Crippen molar-refractivity contribution in [3.05, 3.63) is 65.2 Å². The first-order chi connectivity index (χ1) is 12.0. The second-order valence-corrected chi connectivity index (χ2v) is 5.25. The van der Waals surface area contributed by atoms with Gasteiger partial charge in [-0.3, -0.25) is 20.4 Å². The van der Waals surface area contributed by atoms with Gasteiger partial charge in [0.05, 0.1) is 6.42 Å². The zero-order valence-corrected chi connectivity index (χ0v) is 13.6. The highest BCUT2D eigenvalue weighted by atomic mass is 19.3.